The zero-order valence-electron chi connectivity index (χ0n) is 11.7. The average Bonchev–Trinajstić information content (AvgIpc) is 2.75. The first-order valence-electron chi connectivity index (χ1n) is 6.13. The van der Waals surface area contributed by atoms with Gasteiger partial charge in [0.05, 0.1) is 12.1 Å². The number of nitrogens with one attached hydrogen (secondary N) is 2. The highest BCUT2D eigenvalue weighted by atomic mass is 16.3. The Morgan fingerprint density at radius 3 is 2.53 bits per heavy atom. The fraction of sp³-hybridized carbons (Fsp3) is 0.538. The van der Waals surface area contributed by atoms with Gasteiger partial charge in [0.1, 0.15) is 18.1 Å². The Bertz CT molecular complexity index is 460. The van der Waals surface area contributed by atoms with Gasteiger partial charge in [-0.2, -0.15) is 0 Å². The predicted octanol–water partition coefficient (Wildman–Crippen LogP) is 0.771. The van der Waals surface area contributed by atoms with Crippen molar-refractivity contribution >= 4 is 11.8 Å². The Kier molecular flexibility index (Phi) is 4.72. The van der Waals surface area contributed by atoms with Gasteiger partial charge in [0.15, 0.2) is 0 Å². The standard InChI is InChI=1S/C13H21N3O3/c1-8(11(17)16-13(2,3)4)15-12(18)9-5-10(6-14)19-7-9/h5,7-8H,6,14H2,1-4H3,(H,15,18)(H,16,17). The van der Waals surface area contributed by atoms with Crippen LogP contribution in [0.3, 0.4) is 0 Å². The molecule has 0 saturated carbocycles. The van der Waals surface area contributed by atoms with Gasteiger partial charge in [-0.05, 0) is 33.8 Å². The molecule has 19 heavy (non-hydrogen) atoms. The van der Waals surface area contributed by atoms with Gasteiger partial charge in [0, 0.05) is 5.54 Å². The second-order valence-corrected chi connectivity index (χ2v) is 5.44. The molecule has 0 radical (unpaired) electrons. The maximum Gasteiger partial charge on any atom is 0.255 e. The summed E-state index contributed by atoms with van der Waals surface area (Å²) in [5.74, 6) is -0.0691. The van der Waals surface area contributed by atoms with Crippen LogP contribution in [0, 0.1) is 0 Å². The number of nitrogens with two attached hydrogens (primary N) is 1. The van der Waals surface area contributed by atoms with Crippen molar-refractivity contribution in [2.45, 2.75) is 45.8 Å². The van der Waals surface area contributed by atoms with Crippen LogP contribution in [-0.4, -0.2) is 23.4 Å². The van der Waals surface area contributed by atoms with E-state index in [4.69, 9.17) is 10.2 Å². The summed E-state index contributed by atoms with van der Waals surface area (Å²) in [5.41, 5.74) is 5.41. The predicted molar refractivity (Wildman–Crippen MR) is 71.4 cm³/mol. The Morgan fingerprint density at radius 2 is 2.05 bits per heavy atom. The third kappa shape index (κ3) is 4.75. The van der Waals surface area contributed by atoms with Gasteiger partial charge in [-0.15, -0.1) is 0 Å². The van der Waals surface area contributed by atoms with Crippen LogP contribution in [0.2, 0.25) is 0 Å². The highest BCUT2D eigenvalue weighted by molar-refractivity contribution is 5.97. The first kappa shape index (κ1) is 15.2. The lowest BCUT2D eigenvalue weighted by Crippen LogP contribution is -2.50. The van der Waals surface area contributed by atoms with Gasteiger partial charge in [-0.3, -0.25) is 9.59 Å². The van der Waals surface area contributed by atoms with E-state index in [1.807, 2.05) is 20.8 Å². The molecule has 6 heteroatoms. The summed E-state index contributed by atoms with van der Waals surface area (Å²) in [7, 11) is 0. The molecule has 2 amide bonds. The second-order valence-electron chi connectivity index (χ2n) is 5.44. The van der Waals surface area contributed by atoms with Gasteiger partial charge < -0.3 is 20.8 Å². The molecule has 106 valence electrons. The Hall–Kier alpha value is -1.82. The van der Waals surface area contributed by atoms with E-state index < -0.39 is 6.04 Å². The molecule has 0 aromatic carbocycles. The molecule has 1 heterocycles. The average molecular weight is 267 g/mol. The fourth-order valence-corrected chi connectivity index (χ4v) is 1.43. The molecule has 1 aromatic heterocycles. The van der Waals surface area contributed by atoms with E-state index >= 15 is 0 Å². The van der Waals surface area contributed by atoms with Crippen molar-refractivity contribution in [2.75, 3.05) is 0 Å². The first-order valence-corrected chi connectivity index (χ1v) is 6.13. The van der Waals surface area contributed by atoms with Gasteiger partial charge in [-0.1, -0.05) is 0 Å². The fourth-order valence-electron chi connectivity index (χ4n) is 1.43. The number of furan rings is 1. The van der Waals surface area contributed by atoms with Crippen LogP contribution in [0.4, 0.5) is 0 Å². The Balaban J connectivity index is 2.59. The summed E-state index contributed by atoms with van der Waals surface area (Å²) in [6.45, 7) is 7.49. The van der Waals surface area contributed by atoms with E-state index in [9.17, 15) is 9.59 Å². The lowest BCUT2D eigenvalue weighted by atomic mass is 10.1. The molecule has 4 N–H and O–H groups in total. The van der Waals surface area contributed by atoms with Gasteiger partial charge in [-0.25, -0.2) is 0 Å². The van der Waals surface area contributed by atoms with Crippen LogP contribution in [0.5, 0.6) is 0 Å². The monoisotopic (exact) mass is 267 g/mol. The topological polar surface area (TPSA) is 97.4 Å². The van der Waals surface area contributed by atoms with E-state index in [0.717, 1.165) is 0 Å². The van der Waals surface area contributed by atoms with Gasteiger partial charge in [0.25, 0.3) is 5.91 Å². The molecule has 1 aromatic rings. The largest absolute Gasteiger partial charge is 0.467 e. The lowest BCUT2D eigenvalue weighted by Gasteiger charge is -2.23. The highest BCUT2D eigenvalue weighted by Gasteiger charge is 2.21. The molecule has 0 aliphatic heterocycles. The van der Waals surface area contributed by atoms with Crippen LogP contribution in [0.25, 0.3) is 0 Å². The van der Waals surface area contributed by atoms with Gasteiger partial charge >= 0.3 is 0 Å². The maximum atomic E-state index is 11.9. The second kappa shape index (κ2) is 5.88. The third-order valence-electron chi connectivity index (χ3n) is 2.36. The van der Waals surface area contributed by atoms with E-state index in [1.54, 1.807) is 13.0 Å². The molecular formula is C13H21N3O3. The summed E-state index contributed by atoms with van der Waals surface area (Å²) in [5, 5.41) is 5.40. The molecule has 0 fully saturated rings. The van der Waals surface area contributed by atoms with Crippen molar-refractivity contribution in [3.63, 3.8) is 0 Å². The molecule has 1 unspecified atom stereocenters. The first-order chi connectivity index (χ1) is 8.73. The molecule has 6 nitrogen and oxygen atoms in total. The van der Waals surface area contributed by atoms with E-state index in [-0.39, 0.29) is 23.9 Å². The van der Waals surface area contributed by atoms with Crippen molar-refractivity contribution in [3.8, 4) is 0 Å². The van der Waals surface area contributed by atoms with Crippen LogP contribution in [-0.2, 0) is 11.3 Å². The van der Waals surface area contributed by atoms with Crippen molar-refractivity contribution in [2.24, 2.45) is 5.73 Å². The molecule has 0 spiro atoms. The third-order valence-corrected chi connectivity index (χ3v) is 2.36. The Morgan fingerprint density at radius 1 is 1.42 bits per heavy atom. The van der Waals surface area contributed by atoms with Crippen molar-refractivity contribution < 1.29 is 14.0 Å². The molecule has 1 rings (SSSR count). The molecule has 1 atom stereocenters. The number of rotatable bonds is 4. The number of amides is 2. The van der Waals surface area contributed by atoms with Crippen LogP contribution in [0.1, 0.15) is 43.8 Å². The van der Waals surface area contributed by atoms with Crippen molar-refractivity contribution in [1.29, 1.82) is 0 Å². The minimum atomic E-state index is -0.622. The summed E-state index contributed by atoms with van der Waals surface area (Å²) < 4.78 is 5.07. The van der Waals surface area contributed by atoms with Crippen LogP contribution >= 0.6 is 0 Å². The van der Waals surface area contributed by atoms with Crippen LogP contribution in [0.15, 0.2) is 16.7 Å². The number of hydrogen-bond donors (Lipinski definition) is 3. The molecular weight excluding hydrogens is 246 g/mol. The molecule has 0 aliphatic rings. The summed E-state index contributed by atoms with van der Waals surface area (Å²) in [4.78, 5) is 23.7. The van der Waals surface area contributed by atoms with E-state index in [2.05, 4.69) is 10.6 Å². The number of hydrogen-bond acceptors (Lipinski definition) is 4. The number of carbonyl (C=O) groups excluding carboxylic acids is 2. The minimum Gasteiger partial charge on any atom is -0.467 e. The number of carbonyl (C=O) groups is 2. The SMILES string of the molecule is CC(NC(=O)c1coc(CN)c1)C(=O)NC(C)(C)C. The summed E-state index contributed by atoms with van der Waals surface area (Å²) >= 11 is 0. The van der Waals surface area contributed by atoms with E-state index in [0.29, 0.717) is 11.3 Å². The normalized spacial score (nSPS) is 12.9. The summed E-state index contributed by atoms with van der Waals surface area (Å²) in [6.07, 6.45) is 1.33. The maximum absolute atomic E-state index is 11.9. The quantitative estimate of drug-likeness (QED) is 0.750. The molecule has 0 saturated heterocycles. The minimum absolute atomic E-state index is 0.230. The van der Waals surface area contributed by atoms with Crippen LogP contribution < -0.4 is 16.4 Å². The van der Waals surface area contributed by atoms with Gasteiger partial charge in [0.2, 0.25) is 5.91 Å². The lowest BCUT2D eigenvalue weighted by molar-refractivity contribution is -0.124. The molecule has 0 bridgehead atoms. The summed E-state index contributed by atoms with van der Waals surface area (Å²) in [6, 6.07) is 0.937. The smallest absolute Gasteiger partial charge is 0.255 e. The zero-order valence-corrected chi connectivity index (χ0v) is 11.7. The zero-order chi connectivity index (χ0) is 14.6. The van der Waals surface area contributed by atoms with Crippen molar-refractivity contribution in [3.05, 3.63) is 23.7 Å². The Labute approximate surface area is 112 Å². The van der Waals surface area contributed by atoms with E-state index in [1.165, 1.54) is 6.26 Å². The van der Waals surface area contributed by atoms with Crippen molar-refractivity contribution in [1.82, 2.24) is 10.6 Å². The molecule has 0 aliphatic carbocycles. The highest BCUT2D eigenvalue weighted by Crippen LogP contribution is 2.07.